The van der Waals surface area contributed by atoms with Crippen LogP contribution >= 0.6 is 0 Å². The summed E-state index contributed by atoms with van der Waals surface area (Å²) in [6.45, 7) is 31.0. The second kappa shape index (κ2) is 55.4. The second-order valence-electron chi connectivity index (χ2n) is 27.6. The quantitative estimate of drug-likeness (QED) is 0.0597. The van der Waals surface area contributed by atoms with Crippen molar-refractivity contribution in [3.8, 4) is 62.4 Å². The molecule has 0 aliphatic rings. The maximum atomic E-state index is 13.2. The van der Waals surface area contributed by atoms with Gasteiger partial charge in [0.1, 0.15) is 5.69 Å². The molecule has 5 heterocycles. The normalized spacial score (nSPS) is 10.3. The fourth-order valence-corrected chi connectivity index (χ4v) is 11.4. The van der Waals surface area contributed by atoms with Gasteiger partial charge in [-0.1, -0.05) is 154 Å². The summed E-state index contributed by atoms with van der Waals surface area (Å²) in [4.78, 5) is 66.7. The van der Waals surface area contributed by atoms with Gasteiger partial charge in [-0.2, -0.15) is 11.3 Å². The van der Waals surface area contributed by atoms with Gasteiger partial charge in [-0.05, 0) is 173 Å². The Morgan fingerprint density at radius 3 is 1.18 bits per heavy atom. The Hall–Kier alpha value is -11.8. The minimum Gasteiger partial charge on any atom is -0.512 e. The number of para-hydroxylation sites is 3. The van der Waals surface area contributed by atoms with Crippen molar-refractivity contribution in [2.45, 2.75) is 96.9 Å². The Kier molecular flexibility index (Phi) is 48.4. The molecule has 124 heavy (non-hydrogen) atoms. The first-order chi connectivity index (χ1) is 56.8. The van der Waals surface area contributed by atoms with Crippen molar-refractivity contribution in [3.05, 3.63) is 383 Å². The summed E-state index contributed by atoms with van der Waals surface area (Å²) in [5.74, 6) is -0.560. The number of carbonyl (C=O) groups excluding carboxylic acids is 4. The van der Waals surface area contributed by atoms with Crippen LogP contribution in [0, 0.1) is 95.6 Å². The van der Waals surface area contributed by atoms with Gasteiger partial charge < -0.3 is 20.4 Å². The summed E-state index contributed by atoms with van der Waals surface area (Å²) in [6, 6.07) is 98.3. The van der Waals surface area contributed by atoms with Crippen molar-refractivity contribution in [2.24, 2.45) is 0 Å². The molecule has 0 unspecified atom stereocenters. The van der Waals surface area contributed by atoms with Gasteiger partial charge in [-0.25, -0.2) is 4.39 Å². The molecule has 15 aromatic rings. The number of rotatable bonds is 9. The van der Waals surface area contributed by atoms with Crippen LogP contribution in [0.3, 0.4) is 0 Å². The van der Waals surface area contributed by atoms with E-state index in [1.807, 2.05) is 109 Å². The number of aryl methyl sites for hydroxylation is 6. The van der Waals surface area contributed by atoms with Crippen LogP contribution in [0.25, 0.3) is 116 Å². The van der Waals surface area contributed by atoms with E-state index >= 15 is 0 Å². The zero-order chi connectivity index (χ0) is 86.7. The van der Waals surface area contributed by atoms with Crippen molar-refractivity contribution in [3.63, 3.8) is 0 Å². The van der Waals surface area contributed by atoms with Gasteiger partial charge in [0, 0.05) is 131 Å². The van der Waals surface area contributed by atoms with Crippen LogP contribution in [0.4, 0.5) is 10.1 Å². The van der Waals surface area contributed by atoms with Crippen LogP contribution < -0.4 is 0 Å². The third-order valence-electron chi connectivity index (χ3n) is 16.8. The Bertz CT molecular complexity index is 6230. The largest absolute Gasteiger partial charge is 0.512 e. The predicted octanol–water partition coefficient (Wildman–Crippen LogP) is 25.1. The summed E-state index contributed by atoms with van der Waals surface area (Å²) < 4.78 is 13.2. The van der Waals surface area contributed by atoms with Crippen molar-refractivity contribution in [1.29, 1.82) is 5.26 Å². The maximum Gasteiger partial charge on any atom is 0.155 e. The van der Waals surface area contributed by atoms with E-state index in [2.05, 4.69) is 188 Å². The molecule has 5 radical (unpaired) electrons. The smallest absolute Gasteiger partial charge is 0.155 e. The Morgan fingerprint density at radius 2 is 0.766 bits per heavy atom. The molecule has 0 amide bonds. The fraction of sp³-hybridized carbons (Fsp3) is 0.136. The number of aromatic nitrogens is 5. The van der Waals surface area contributed by atoms with Crippen molar-refractivity contribution in [1.82, 2.24) is 24.9 Å². The van der Waals surface area contributed by atoms with Gasteiger partial charge in [-0.15, -0.1) is 159 Å². The van der Waals surface area contributed by atoms with Crippen molar-refractivity contribution in [2.75, 3.05) is 0 Å². The molecule has 4 N–H and O–H groups in total. The SMILES string of the molecule is CC(=O)C=C(C)O.CC(=O)C=C(C)O.CC(=O)C=C(C)O.CC(=O)C=C(C)O.Cc1[c-]c(-c2nc3ccc(C)cc3cc2C)ccc1.Cc1c[c-]c(-c2ccc3ccccc3n2)cc1C.Cc1cc[c-]c(-c2ccc3ccccc3n2)c1.N#Cc1ccc2nc(-c3[c-]ccc(F)c3)ccc2c1.[C-]#[N+]c1cc[c-]c(-c2ccc3ccccc3n2)c1.[Ir].[Ir].[Ir].[Ir].[Ir]. The Labute approximate surface area is 792 Å². The molecule has 0 fully saturated rings. The second-order valence-corrected chi connectivity index (χ2v) is 27.6. The van der Waals surface area contributed by atoms with Crippen LogP contribution in [0.1, 0.15) is 94.3 Å². The van der Waals surface area contributed by atoms with E-state index in [9.17, 15) is 23.6 Å². The number of pyridine rings is 5. The zero-order valence-electron chi connectivity index (χ0n) is 70.6. The molecule has 0 aliphatic carbocycles. The molecule has 0 atom stereocenters. The number of hydrogen-bond acceptors (Lipinski definition) is 14. The minimum atomic E-state index is -0.310. The molecule has 15 nitrogen and oxygen atoms in total. The summed E-state index contributed by atoms with van der Waals surface area (Å²) in [5.41, 5.74) is 22.6. The van der Waals surface area contributed by atoms with Crippen LogP contribution in [0.5, 0.6) is 0 Å². The average Bonchev–Trinajstić information content (AvgIpc) is 0.791. The number of aliphatic hydroxyl groups excluding tert-OH is 4. The number of benzene rings is 10. The van der Waals surface area contributed by atoms with E-state index in [0.717, 1.165) is 88.9 Å². The van der Waals surface area contributed by atoms with Gasteiger partial charge in [-0.3, -0.25) is 48.9 Å². The molecule has 0 spiro atoms. The van der Waals surface area contributed by atoms with Gasteiger partial charge >= 0.3 is 0 Å². The molecule has 0 saturated carbocycles. The molecule has 0 bridgehead atoms. The van der Waals surface area contributed by atoms with Crippen molar-refractivity contribution < 1.29 is 145 Å². The van der Waals surface area contributed by atoms with E-state index in [1.54, 1.807) is 36.4 Å². The summed E-state index contributed by atoms with van der Waals surface area (Å²) >= 11 is 0. The number of nitriles is 1. The molecule has 5 aromatic heterocycles. The number of allylic oxidation sites excluding steroid dienone is 8. The van der Waals surface area contributed by atoms with Crippen molar-refractivity contribution >= 4 is 83.3 Å². The van der Waals surface area contributed by atoms with Gasteiger partial charge in [0.05, 0.1) is 68.8 Å². The summed E-state index contributed by atoms with van der Waals surface area (Å²) in [6.07, 6.45) is 4.67. The number of nitrogens with zero attached hydrogens (tertiary/aromatic N) is 7. The summed E-state index contributed by atoms with van der Waals surface area (Å²) in [7, 11) is 0. The van der Waals surface area contributed by atoms with Crippen LogP contribution in [0.2, 0.25) is 0 Å². The number of halogens is 1. The molecule has 21 heteroatoms. The molecular weight excluding hydrogens is 2440 g/mol. The minimum absolute atomic E-state index is 0. The molecule has 0 saturated heterocycles. The van der Waals surface area contributed by atoms with E-state index in [0.29, 0.717) is 22.5 Å². The van der Waals surface area contributed by atoms with E-state index in [1.165, 1.54) is 142 Å². The van der Waals surface area contributed by atoms with E-state index in [4.69, 9.17) is 37.2 Å². The average molecular weight is 2530 g/mol. The van der Waals surface area contributed by atoms with E-state index in [-0.39, 0.29) is 153 Å². The topological polar surface area (TPSA) is 242 Å². The third-order valence-corrected chi connectivity index (χ3v) is 16.8. The molecular formula is C103H91FIr5N7O8-5. The first-order valence-corrected chi connectivity index (χ1v) is 37.7. The number of ketones is 4. The monoisotopic (exact) mass is 2540 g/mol. The number of aliphatic hydroxyl groups is 4. The molecule has 15 rings (SSSR count). The van der Waals surface area contributed by atoms with Crippen LogP contribution in [-0.2, 0) is 120 Å². The maximum absolute atomic E-state index is 13.2. The van der Waals surface area contributed by atoms with E-state index < -0.39 is 0 Å². The van der Waals surface area contributed by atoms with Crippen LogP contribution in [0.15, 0.2) is 296 Å². The first kappa shape index (κ1) is 108. The third kappa shape index (κ3) is 37.1. The molecule has 10 aromatic carbocycles. The summed E-state index contributed by atoms with van der Waals surface area (Å²) in [5, 5.41) is 47.8. The number of hydrogen-bond donors (Lipinski definition) is 4. The first-order valence-electron chi connectivity index (χ1n) is 37.7. The fourth-order valence-electron chi connectivity index (χ4n) is 11.4. The predicted molar refractivity (Wildman–Crippen MR) is 478 cm³/mol. The Balaban J connectivity index is 0.000000483. The molecule has 0 aliphatic heterocycles. The van der Waals surface area contributed by atoms with Crippen LogP contribution in [-0.4, -0.2) is 68.5 Å². The van der Waals surface area contributed by atoms with Gasteiger partial charge in [0.15, 0.2) is 23.1 Å². The van der Waals surface area contributed by atoms with Gasteiger partial charge in [0.25, 0.3) is 0 Å². The zero-order valence-corrected chi connectivity index (χ0v) is 82.6. The number of fused-ring (bicyclic) bond motifs is 5. The molecule has 643 valence electrons. The van der Waals surface area contributed by atoms with Gasteiger partial charge in [0.2, 0.25) is 0 Å². The Morgan fingerprint density at radius 1 is 0.371 bits per heavy atom. The number of carbonyl (C=O) groups is 4. The standard InChI is InChI=1S/C18H16N.C17H14N.C16H8FN2.C16H9N2.C16H12N.4C5H8O2.5Ir/c1-12-5-4-6-15(9-12)18-14(3)11-16-10-13(2)7-8-17(16)19-18;1-12-7-8-15(11-13(12)2)17-10-9-14-5-3-4-6-16(14)18-17;17-14-3-1-2-12(9-14)16-7-5-13-8-11(10-18)4-6-15(13)19-16;1-17-14-7-4-6-13(11-14)16-10-9-12-5-2-3-8-15(12)18-16;1-12-5-4-7-14(11-12)16-10-9-13-6-2-3-8-15(13)17-16;4*1-4(6)3-5(2)7;;;;;/h4-8,10-11H,1-3H3;3-7,9-11H,1-2H3;1,3-9H;2-5,7-11H;2-6,8-11H,1H3;4*3,6H,1-2H3;;;;;/q5*-1;;;;;;;;;.